The van der Waals surface area contributed by atoms with Crippen molar-refractivity contribution in [3.8, 4) is 0 Å². The molecule has 0 amide bonds. The Labute approximate surface area is 127 Å². The van der Waals surface area contributed by atoms with Gasteiger partial charge in [0.15, 0.2) is 6.10 Å². The topological polar surface area (TPSA) is 51.4 Å². The second kappa shape index (κ2) is 6.93. The third-order valence-corrected chi connectivity index (χ3v) is 4.82. The normalized spacial score (nSPS) is 34.7. The van der Waals surface area contributed by atoms with Gasteiger partial charge in [-0.15, -0.1) is 0 Å². The Morgan fingerprint density at radius 2 is 2.10 bits per heavy atom. The molecule has 0 aromatic rings. The molecule has 0 radical (unpaired) electrons. The maximum absolute atomic E-state index is 11.2. The molecule has 0 saturated carbocycles. The van der Waals surface area contributed by atoms with Crippen molar-refractivity contribution < 1.29 is 19.0 Å². The number of ether oxygens (including phenoxy) is 3. The zero-order valence-corrected chi connectivity index (χ0v) is 13.7. The average Bonchev–Trinajstić information content (AvgIpc) is 3.39. The summed E-state index contributed by atoms with van der Waals surface area (Å²) < 4.78 is 15.7. The number of epoxide rings is 2. The van der Waals surface area contributed by atoms with Gasteiger partial charge in [0.05, 0.1) is 24.9 Å². The molecule has 0 spiro atoms. The second-order valence-corrected chi connectivity index (χ2v) is 6.22. The minimum Gasteiger partial charge on any atom is -0.467 e. The van der Waals surface area contributed by atoms with E-state index in [1.54, 1.807) is 0 Å². The maximum atomic E-state index is 11.2. The van der Waals surface area contributed by atoms with Crippen LogP contribution >= 0.6 is 0 Å². The lowest BCUT2D eigenvalue weighted by molar-refractivity contribution is -0.142. The predicted octanol–water partition coefficient (Wildman–Crippen LogP) is 3.39. The molecule has 2 heterocycles. The van der Waals surface area contributed by atoms with Crippen molar-refractivity contribution >= 4 is 5.97 Å². The van der Waals surface area contributed by atoms with Gasteiger partial charge in [0.2, 0.25) is 0 Å². The minimum absolute atomic E-state index is 0.0574. The Morgan fingerprint density at radius 3 is 2.67 bits per heavy atom. The average molecular weight is 296 g/mol. The number of allylic oxidation sites excluding steroid dienone is 2. The van der Waals surface area contributed by atoms with Crippen LogP contribution in [-0.4, -0.2) is 37.0 Å². The van der Waals surface area contributed by atoms with E-state index >= 15 is 0 Å². The van der Waals surface area contributed by atoms with E-state index < -0.39 is 0 Å². The van der Waals surface area contributed by atoms with Crippen LogP contribution in [0, 0.1) is 0 Å². The van der Waals surface area contributed by atoms with E-state index in [9.17, 15) is 4.79 Å². The molecule has 4 nitrogen and oxygen atoms in total. The first-order valence-corrected chi connectivity index (χ1v) is 8.13. The van der Waals surface area contributed by atoms with Gasteiger partial charge in [-0.05, 0) is 45.4 Å². The molecule has 0 aliphatic carbocycles. The monoisotopic (exact) mass is 296 g/mol. The molecule has 2 fully saturated rings. The molecule has 0 unspecified atom stereocenters. The molecule has 4 atom stereocenters. The molecule has 21 heavy (non-hydrogen) atoms. The van der Waals surface area contributed by atoms with E-state index in [0.29, 0.717) is 6.10 Å². The lowest BCUT2D eigenvalue weighted by atomic mass is 9.97. The first kappa shape index (κ1) is 16.5. The summed E-state index contributed by atoms with van der Waals surface area (Å²) in [6.07, 6.45) is 8.76. The summed E-state index contributed by atoms with van der Waals surface area (Å²) >= 11 is 0. The van der Waals surface area contributed by atoms with Gasteiger partial charge in [-0.2, -0.15) is 0 Å². The lowest BCUT2D eigenvalue weighted by Crippen LogP contribution is -2.11. The zero-order valence-electron chi connectivity index (χ0n) is 13.7. The number of hydrogen-bond acceptors (Lipinski definition) is 4. The number of carbonyl (C=O) groups excluding carboxylic acids is 1. The maximum Gasteiger partial charge on any atom is 0.337 e. The van der Waals surface area contributed by atoms with Gasteiger partial charge in [0.1, 0.15) is 0 Å². The smallest absolute Gasteiger partial charge is 0.337 e. The van der Waals surface area contributed by atoms with Gasteiger partial charge < -0.3 is 14.2 Å². The summed E-state index contributed by atoms with van der Waals surface area (Å²) in [5.41, 5.74) is 1.62. The summed E-state index contributed by atoms with van der Waals surface area (Å²) in [6.45, 7) is 6.58. The minimum atomic E-state index is -0.321. The van der Waals surface area contributed by atoms with Crippen LogP contribution < -0.4 is 0 Å². The summed E-state index contributed by atoms with van der Waals surface area (Å²) in [5, 5.41) is 0. The molecular formula is C17H28O4. The van der Waals surface area contributed by atoms with Crippen molar-refractivity contribution in [2.75, 3.05) is 7.11 Å². The first-order chi connectivity index (χ1) is 10.0. The van der Waals surface area contributed by atoms with Gasteiger partial charge in [0, 0.05) is 0 Å². The molecule has 120 valence electrons. The quantitative estimate of drug-likeness (QED) is 0.372. The predicted molar refractivity (Wildman–Crippen MR) is 81.1 cm³/mol. The fourth-order valence-electron chi connectivity index (χ4n) is 2.84. The van der Waals surface area contributed by atoms with Gasteiger partial charge in [-0.3, -0.25) is 0 Å². The third kappa shape index (κ3) is 4.30. The van der Waals surface area contributed by atoms with Crippen LogP contribution in [0.4, 0.5) is 0 Å². The number of methoxy groups -OCH3 is 1. The van der Waals surface area contributed by atoms with Gasteiger partial charge >= 0.3 is 5.97 Å². The Bertz CT molecular complexity index is 404. The molecule has 0 aromatic carbocycles. The molecule has 0 bridgehead atoms. The van der Waals surface area contributed by atoms with Crippen molar-refractivity contribution in [2.24, 2.45) is 0 Å². The largest absolute Gasteiger partial charge is 0.467 e. The standard InChI is InChI=1S/C17H28O4/c1-5-12(10-11-14-17(3,6-2)21-14)8-7-9-13-15(20-13)16(18)19-4/h8,13-15H,5-7,9-11H2,1-4H3/b12-8+/t13-,14+,15+,17-/m0/s1. The Hall–Kier alpha value is -0.870. The van der Waals surface area contributed by atoms with E-state index in [1.807, 2.05) is 0 Å². The summed E-state index contributed by atoms with van der Waals surface area (Å²) in [6, 6.07) is 0. The van der Waals surface area contributed by atoms with Crippen LogP contribution in [0.15, 0.2) is 11.6 Å². The van der Waals surface area contributed by atoms with Crippen molar-refractivity contribution in [1.82, 2.24) is 0 Å². The Morgan fingerprint density at radius 1 is 1.33 bits per heavy atom. The van der Waals surface area contributed by atoms with E-state index in [1.165, 1.54) is 12.7 Å². The van der Waals surface area contributed by atoms with Crippen molar-refractivity contribution in [2.45, 2.75) is 83.2 Å². The lowest BCUT2D eigenvalue weighted by Gasteiger charge is -2.05. The number of esters is 1. The highest BCUT2D eigenvalue weighted by Gasteiger charge is 2.49. The fourth-order valence-corrected chi connectivity index (χ4v) is 2.84. The van der Waals surface area contributed by atoms with Gasteiger partial charge in [-0.25, -0.2) is 4.79 Å². The second-order valence-electron chi connectivity index (χ2n) is 6.22. The number of hydrogen-bond donors (Lipinski definition) is 0. The summed E-state index contributed by atoms with van der Waals surface area (Å²) in [4.78, 5) is 11.2. The fraction of sp³-hybridized carbons (Fsp3) is 0.824. The first-order valence-electron chi connectivity index (χ1n) is 8.13. The van der Waals surface area contributed by atoms with Crippen LogP contribution in [0.5, 0.6) is 0 Å². The molecule has 2 aliphatic heterocycles. The van der Waals surface area contributed by atoms with Crippen molar-refractivity contribution in [3.63, 3.8) is 0 Å². The molecular weight excluding hydrogens is 268 g/mol. The highest BCUT2D eigenvalue weighted by molar-refractivity contribution is 5.77. The number of rotatable bonds is 9. The van der Waals surface area contributed by atoms with E-state index in [2.05, 4.69) is 31.6 Å². The Kier molecular flexibility index (Phi) is 5.44. The SMILES string of the molecule is CC/C(=C\CC[C@@H]1O[C@H]1C(=O)OC)CC[C@H]1O[C@@]1(C)CC. The van der Waals surface area contributed by atoms with E-state index in [4.69, 9.17) is 9.47 Å². The highest BCUT2D eigenvalue weighted by atomic mass is 16.6. The van der Waals surface area contributed by atoms with Crippen LogP contribution in [0.1, 0.15) is 59.3 Å². The zero-order chi connectivity index (χ0) is 15.5. The highest BCUT2D eigenvalue weighted by Crippen LogP contribution is 2.42. The number of carbonyl (C=O) groups is 1. The molecule has 2 aliphatic rings. The Balaban J connectivity index is 1.64. The van der Waals surface area contributed by atoms with Crippen molar-refractivity contribution in [1.29, 1.82) is 0 Å². The summed E-state index contributed by atoms with van der Waals surface area (Å²) in [7, 11) is 1.40. The van der Waals surface area contributed by atoms with Crippen molar-refractivity contribution in [3.05, 3.63) is 11.6 Å². The molecule has 2 rings (SSSR count). The van der Waals surface area contributed by atoms with Gasteiger partial charge in [0.25, 0.3) is 0 Å². The molecule has 0 N–H and O–H groups in total. The van der Waals surface area contributed by atoms with Crippen LogP contribution in [-0.2, 0) is 19.0 Å². The third-order valence-electron chi connectivity index (χ3n) is 4.82. The van der Waals surface area contributed by atoms with Gasteiger partial charge in [-0.1, -0.05) is 25.5 Å². The molecule has 4 heteroatoms. The molecule has 2 saturated heterocycles. The molecule has 0 aromatic heterocycles. The summed E-state index contributed by atoms with van der Waals surface area (Å²) in [5.74, 6) is -0.246. The van der Waals surface area contributed by atoms with Crippen LogP contribution in [0.25, 0.3) is 0 Å². The van der Waals surface area contributed by atoms with E-state index in [-0.39, 0.29) is 23.8 Å². The van der Waals surface area contributed by atoms with E-state index in [0.717, 1.165) is 38.5 Å². The van der Waals surface area contributed by atoms with Crippen LogP contribution in [0.2, 0.25) is 0 Å². The van der Waals surface area contributed by atoms with Crippen LogP contribution in [0.3, 0.4) is 0 Å².